The molecule has 1 saturated carbocycles. The van der Waals surface area contributed by atoms with Gasteiger partial charge in [-0.3, -0.25) is 0 Å². The third kappa shape index (κ3) is 6.28. The van der Waals surface area contributed by atoms with Crippen LogP contribution in [0.2, 0.25) is 0 Å². The third-order valence-electron chi connectivity index (χ3n) is 14.6. The van der Waals surface area contributed by atoms with Crippen LogP contribution in [-0.2, 0) is 10.8 Å². The summed E-state index contributed by atoms with van der Waals surface area (Å²) >= 11 is 0. The van der Waals surface area contributed by atoms with Gasteiger partial charge in [0.1, 0.15) is 0 Å². The highest BCUT2D eigenvalue weighted by atomic mass is 15.0. The second kappa shape index (κ2) is 14.8. The molecule has 7 aromatic carbocycles. The lowest BCUT2D eigenvalue weighted by atomic mass is 9.67. The predicted molar refractivity (Wildman–Crippen MR) is 260 cm³/mol. The van der Waals surface area contributed by atoms with Gasteiger partial charge in [0, 0.05) is 27.5 Å². The van der Waals surface area contributed by atoms with E-state index in [-0.39, 0.29) is 10.8 Å². The first-order chi connectivity index (χ1) is 30.9. The van der Waals surface area contributed by atoms with E-state index in [4.69, 9.17) is 15.0 Å². The molecule has 12 rings (SSSR count). The minimum absolute atomic E-state index is 0.118. The van der Waals surface area contributed by atoms with Crippen LogP contribution in [0.3, 0.4) is 0 Å². The predicted octanol–water partition coefficient (Wildman–Crippen LogP) is 15.5. The Kier molecular flexibility index (Phi) is 8.90. The van der Waals surface area contributed by atoms with Crippen LogP contribution in [0.5, 0.6) is 0 Å². The Balaban J connectivity index is 0.887. The first-order valence-electron chi connectivity index (χ1n) is 22.9. The fourth-order valence-corrected chi connectivity index (χ4v) is 11.3. The van der Waals surface area contributed by atoms with Crippen LogP contribution in [0.15, 0.2) is 176 Å². The highest BCUT2D eigenvalue weighted by molar-refractivity contribution is 5.91. The van der Waals surface area contributed by atoms with Gasteiger partial charge in [0.2, 0.25) is 0 Å². The van der Waals surface area contributed by atoms with Crippen LogP contribution < -0.4 is 0 Å². The number of rotatable bonds is 6. The summed E-state index contributed by atoms with van der Waals surface area (Å²) in [6.07, 6.45) is 15.4. The van der Waals surface area contributed by atoms with Gasteiger partial charge in [-0.15, -0.1) is 0 Å². The molecule has 304 valence electrons. The summed E-state index contributed by atoms with van der Waals surface area (Å²) in [5, 5.41) is 0. The zero-order chi connectivity index (χ0) is 42.1. The van der Waals surface area contributed by atoms with Crippen molar-refractivity contribution in [1.29, 1.82) is 0 Å². The second-order valence-corrected chi connectivity index (χ2v) is 18.6. The fraction of sp³-hybridized carbons (Fsp3) is 0.183. The van der Waals surface area contributed by atoms with Crippen LogP contribution >= 0.6 is 0 Å². The van der Waals surface area contributed by atoms with Crippen molar-refractivity contribution in [3.8, 4) is 78.7 Å². The summed E-state index contributed by atoms with van der Waals surface area (Å²) in [6, 6.07) is 58.1. The van der Waals surface area contributed by atoms with Gasteiger partial charge >= 0.3 is 0 Å². The number of fused-ring (bicyclic) bond motifs is 8. The zero-order valence-corrected chi connectivity index (χ0v) is 36.0. The van der Waals surface area contributed by atoms with Crippen molar-refractivity contribution >= 4 is 5.57 Å². The average molecular weight is 812 g/mol. The molecular weight excluding hydrogens is 763 g/mol. The molecule has 0 saturated heterocycles. The maximum atomic E-state index is 5.11. The molecule has 4 aliphatic rings. The van der Waals surface area contributed by atoms with Gasteiger partial charge in [0.05, 0.1) is 0 Å². The number of allylic oxidation sites excluding steroid dienone is 4. The van der Waals surface area contributed by atoms with E-state index >= 15 is 0 Å². The Morgan fingerprint density at radius 2 is 0.905 bits per heavy atom. The Hall–Kier alpha value is -6.97. The molecule has 0 radical (unpaired) electrons. The minimum Gasteiger partial charge on any atom is -0.208 e. The summed E-state index contributed by atoms with van der Waals surface area (Å²) in [4.78, 5) is 15.2. The molecular formula is C60H49N3. The fourth-order valence-electron chi connectivity index (χ4n) is 11.3. The molecule has 0 bridgehead atoms. The van der Waals surface area contributed by atoms with Crippen LogP contribution in [0.4, 0.5) is 0 Å². The van der Waals surface area contributed by atoms with Crippen LogP contribution in [-0.4, -0.2) is 15.0 Å². The normalized spacial score (nSPS) is 16.3. The molecule has 0 unspecified atom stereocenters. The van der Waals surface area contributed by atoms with Crippen molar-refractivity contribution in [2.45, 2.75) is 69.6 Å². The van der Waals surface area contributed by atoms with Crippen LogP contribution in [0, 0.1) is 0 Å². The highest BCUT2D eigenvalue weighted by Crippen LogP contribution is 2.60. The van der Waals surface area contributed by atoms with Gasteiger partial charge in [-0.1, -0.05) is 179 Å². The van der Waals surface area contributed by atoms with E-state index in [2.05, 4.69) is 172 Å². The van der Waals surface area contributed by atoms with Crippen molar-refractivity contribution < 1.29 is 0 Å². The summed E-state index contributed by atoms with van der Waals surface area (Å²) in [7, 11) is 0. The molecule has 0 N–H and O–H groups in total. The molecule has 3 nitrogen and oxygen atoms in total. The number of aromatic nitrogens is 3. The summed E-state index contributed by atoms with van der Waals surface area (Å²) in [6.45, 7) is 4.84. The van der Waals surface area contributed by atoms with E-state index in [0.717, 1.165) is 40.7 Å². The van der Waals surface area contributed by atoms with Gasteiger partial charge < -0.3 is 0 Å². The second-order valence-electron chi connectivity index (χ2n) is 18.6. The molecule has 0 atom stereocenters. The van der Waals surface area contributed by atoms with Crippen molar-refractivity contribution in [2.24, 2.45) is 0 Å². The maximum Gasteiger partial charge on any atom is 0.164 e. The SMILES string of the molecule is CC1(C)c2cc(-c3cccc(-c4cccc(-c5nc(-c6ccccc6)nc(-c6ccc(C7=CCCC=C7)cc6)n5)c4)c3)ccc2-c2cc3c(cc21)-c1ccccc1C31CCCCC1. The summed E-state index contributed by atoms with van der Waals surface area (Å²) in [5.74, 6) is 1.98. The van der Waals surface area contributed by atoms with Gasteiger partial charge in [0.25, 0.3) is 0 Å². The van der Waals surface area contributed by atoms with E-state index in [1.54, 1.807) is 11.1 Å². The molecule has 1 fully saturated rings. The van der Waals surface area contributed by atoms with Crippen molar-refractivity contribution in [3.05, 3.63) is 204 Å². The van der Waals surface area contributed by atoms with E-state index in [0.29, 0.717) is 17.5 Å². The molecule has 63 heavy (non-hydrogen) atoms. The van der Waals surface area contributed by atoms with E-state index in [1.807, 2.05) is 18.2 Å². The molecule has 1 aromatic heterocycles. The van der Waals surface area contributed by atoms with Gasteiger partial charge in [0.15, 0.2) is 17.5 Å². The van der Waals surface area contributed by atoms with Crippen molar-refractivity contribution in [1.82, 2.24) is 15.0 Å². The lowest BCUT2D eigenvalue weighted by molar-refractivity contribution is 0.353. The first-order valence-corrected chi connectivity index (χ1v) is 22.9. The number of hydrogen-bond acceptors (Lipinski definition) is 3. The average Bonchev–Trinajstić information content (AvgIpc) is 3.74. The summed E-state index contributed by atoms with van der Waals surface area (Å²) in [5.41, 5.74) is 21.8. The Bertz CT molecular complexity index is 3160. The molecule has 8 aromatic rings. The quantitative estimate of drug-likeness (QED) is 0.168. The van der Waals surface area contributed by atoms with E-state index < -0.39 is 0 Å². The molecule has 3 heteroatoms. The van der Waals surface area contributed by atoms with Gasteiger partial charge in [-0.05, 0) is 134 Å². The maximum absolute atomic E-state index is 5.11. The number of hydrogen-bond donors (Lipinski definition) is 0. The minimum atomic E-state index is -0.118. The number of benzene rings is 7. The van der Waals surface area contributed by atoms with Crippen molar-refractivity contribution in [3.63, 3.8) is 0 Å². The molecule has 1 spiro atoms. The molecule has 0 amide bonds. The Morgan fingerprint density at radius 3 is 1.62 bits per heavy atom. The van der Waals surface area contributed by atoms with E-state index in [1.165, 1.54) is 87.7 Å². The van der Waals surface area contributed by atoms with E-state index in [9.17, 15) is 0 Å². The van der Waals surface area contributed by atoms with Crippen molar-refractivity contribution in [2.75, 3.05) is 0 Å². The third-order valence-corrected chi connectivity index (χ3v) is 14.6. The lowest BCUT2D eigenvalue weighted by Gasteiger charge is -2.36. The van der Waals surface area contributed by atoms with Gasteiger partial charge in [-0.25, -0.2) is 15.0 Å². The lowest BCUT2D eigenvalue weighted by Crippen LogP contribution is -2.28. The molecule has 0 aliphatic heterocycles. The Labute approximate surface area is 371 Å². The van der Waals surface area contributed by atoms with Gasteiger partial charge in [-0.2, -0.15) is 0 Å². The molecule has 1 heterocycles. The largest absolute Gasteiger partial charge is 0.208 e. The zero-order valence-electron chi connectivity index (χ0n) is 36.0. The number of nitrogens with zero attached hydrogens (tertiary/aromatic N) is 3. The first kappa shape index (κ1) is 37.8. The molecule has 4 aliphatic carbocycles. The Morgan fingerprint density at radius 1 is 0.381 bits per heavy atom. The standard InChI is InChI=1S/C60H49N3/c1-59(2)53-36-46(30-31-49(53)50-38-55-51(37-54(50)59)48-24-10-11-25-52(48)60(55)32-12-5-13-33-60)44-21-14-20-43(34-44)45-22-15-23-47(35-45)58-62-56(41-18-8-4-9-19-41)61-57(63-58)42-28-26-40(27-29-42)39-16-6-3-7-17-39/h4,6,8-11,14-31,34-38H,3,5,7,12-13,32-33H2,1-2H3. The monoisotopic (exact) mass is 811 g/mol. The summed E-state index contributed by atoms with van der Waals surface area (Å²) < 4.78 is 0. The van der Waals surface area contributed by atoms with Crippen LogP contribution in [0.25, 0.3) is 84.2 Å². The highest BCUT2D eigenvalue weighted by Gasteiger charge is 2.46. The topological polar surface area (TPSA) is 38.7 Å². The smallest absolute Gasteiger partial charge is 0.164 e. The van der Waals surface area contributed by atoms with Crippen LogP contribution in [0.1, 0.15) is 86.6 Å².